The van der Waals surface area contributed by atoms with E-state index >= 15 is 0 Å². The number of nitrogens with zero attached hydrogens (tertiary/aromatic N) is 1. The molecule has 0 bridgehead atoms. The van der Waals surface area contributed by atoms with Crippen LogP contribution in [-0.4, -0.2) is 14.2 Å². The SMILES string of the molecule is COc1cc(C)c2c(c1)[C@H]1Cc3ccccc3[C@@]1(C)N2C. The number of hydrogen-bond donors (Lipinski definition) is 0. The predicted octanol–water partition coefficient (Wildman–Crippen LogP) is 4.01. The Morgan fingerprint density at radius 1 is 1.24 bits per heavy atom. The first kappa shape index (κ1) is 12.8. The molecule has 0 aromatic heterocycles. The van der Waals surface area contributed by atoms with E-state index in [1.807, 2.05) is 0 Å². The van der Waals surface area contributed by atoms with E-state index in [-0.39, 0.29) is 5.54 Å². The van der Waals surface area contributed by atoms with Crippen LogP contribution in [0.4, 0.5) is 5.69 Å². The van der Waals surface area contributed by atoms with Crippen molar-refractivity contribution in [3.8, 4) is 5.75 Å². The van der Waals surface area contributed by atoms with Crippen molar-refractivity contribution in [1.82, 2.24) is 0 Å². The lowest BCUT2D eigenvalue weighted by atomic mass is 9.84. The summed E-state index contributed by atoms with van der Waals surface area (Å²) >= 11 is 0. The highest BCUT2D eigenvalue weighted by Gasteiger charge is 2.52. The summed E-state index contributed by atoms with van der Waals surface area (Å²) in [6, 6.07) is 13.3. The second-order valence-corrected chi connectivity index (χ2v) is 6.50. The number of aryl methyl sites for hydroxylation is 1. The minimum absolute atomic E-state index is 0.0655. The lowest BCUT2D eigenvalue weighted by Crippen LogP contribution is -2.38. The number of rotatable bonds is 1. The number of ether oxygens (including phenoxy) is 1. The Hall–Kier alpha value is -1.96. The Balaban J connectivity index is 1.96. The molecule has 2 nitrogen and oxygen atoms in total. The monoisotopic (exact) mass is 279 g/mol. The lowest BCUT2D eigenvalue weighted by molar-refractivity contribution is 0.411. The molecule has 2 heteroatoms. The van der Waals surface area contributed by atoms with Crippen molar-refractivity contribution in [1.29, 1.82) is 0 Å². The van der Waals surface area contributed by atoms with Gasteiger partial charge in [-0.1, -0.05) is 24.3 Å². The summed E-state index contributed by atoms with van der Waals surface area (Å²) < 4.78 is 5.50. The Bertz CT molecular complexity index is 736. The Kier molecular flexibility index (Phi) is 2.45. The smallest absolute Gasteiger partial charge is 0.119 e. The average Bonchev–Trinajstić information content (AvgIpc) is 2.90. The van der Waals surface area contributed by atoms with E-state index in [0.717, 1.165) is 12.2 Å². The van der Waals surface area contributed by atoms with Gasteiger partial charge in [0.15, 0.2) is 0 Å². The molecule has 0 saturated carbocycles. The Morgan fingerprint density at radius 2 is 2.00 bits per heavy atom. The fraction of sp³-hybridized carbons (Fsp3) is 0.368. The molecule has 4 rings (SSSR count). The van der Waals surface area contributed by atoms with Crippen LogP contribution in [0.15, 0.2) is 36.4 Å². The van der Waals surface area contributed by atoms with Crippen LogP contribution in [0.1, 0.15) is 35.1 Å². The van der Waals surface area contributed by atoms with E-state index in [9.17, 15) is 0 Å². The van der Waals surface area contributed by atoms with Crippen molar-refractivity contribution >= 4 is 5.69 Å². The lowest BCUT2D eigenvalue weighted by Gasteiger charge is -2.36. The molecule has 1 aliphatic carbocycles. The molecule has 0 spiro atoms. The van der Waals surface area contributed by atoms with Gasteiger partial charge in [-0.25, -0.2) is 0 Å². The van der Waals surface area contributed by atoms with Crippen molar-refractivity contribution in [2.45, 2.75) is 31.7 Å². The summed E-state index contributed by atoms with van der Waals surface area (Å²) in [6.07, 6.45) is 1.12. The zero-order valence-corrected chi connectivity index (χ0v) is 13.1. The first-order chi connectivity index (χ1) is 10.1. The highest BCUT2D eigenvalue weighted by molar-refractivity contribution is 5.73. The van der Waals surface area contributed by atoms with Gasteiger partial charge in [0.05, 0.1) is 12.6 Å². The molecule has 1 aliphatic heterocycles. The number of methoxy groups -OCH3 is 1. The van der Waals surface area contributed by atoms with E-state index in [2.05, 4.69) is 62.2 Å². The second kappa shape index (κ2) is 4.03. The van der Waals surface area contributed by atoms with Gasteiger partial charge in [0.2, 0.25) is 0 Å². The maximum Gasteiger partial charge on any atom is 0.119 e. The number of likely N-dealkylation sites (N-methyl/N-ethyl adjacent to an activating group) is 1. The Labute approximate surface area is 126 Å². The third-order valence-electron chi connectivity index (χ3n) is 5.61. The van der Waals surface area contributed by atoms with Gasteiger partial charge in [0, 0.05) is 18.7 Å². The minimum atomic E-state index is 0.0655. The van der Waals surface area contributed by atoms with Gasteiger partial charge in [-0.15, -0.1) is 0 Å². The molecular weight excluding hydrogens is 258 g/mol. The first-order valence-corrected chi connectivity index (χ1v) is 7.58. The van der Waals surface area contributed by atoms with Crippen molar-refractivity contribution in [2.75, 3.05) is 19.1 Å². The van der Waals surface area contributed by atoms with Crippen LogP contribution in [-0.2, 0) is 12.0 Å². The van der Waals surface area contributed by atoms with Gasteiger partial charge in [-0.3, -0.25) is 0 Å². The molecule has 2 aromatic carbocycles. The highest BCUT2D eigenvalue weighted by atomic mass is 16.5. The molecule has 0 radical (unpaired) electrons. The van der Waals surface area contributed by atoms with Crippen LogP contribution in [0.2, 0.25) is 0 Å². The maximum absolute atomic E-state index is 5.50. The first-order valence-electron chi connectivity index (χ1n) is 7.58. The molecule has 0 N–H and O–H groups in total. The Morgan fingerprint density at radius 3 is 2.76 bits per heavy atom. The van der Waals surface area contributed by atoms with Gasteiger partial charge < -0.3 is 9.64 Å². The second-order valence-electron chi connectivity index (χ2n) is 6.50. The minimum Gasteiger partial charge on any atom is -0.497 e. The van der Waals surface area contributed by atoms with Gasteiger partial charge in [0.1, 0.15) is 5.75 Å². The molecule has 0 fully saturated rings. The van der Waals surface area contributed by atoms with Crippen molar-refractivity contribution < 1.29 is 4.74 Å². The zero-order chi connectivity index (χ0) is 14.8. The molecule has 0 saturated heterocycles. The molecule has 2 atom stereocenters. The molecule has 2 aromatic rings. The number of fused-ring (bicyclic) bond motifs is 5. The molecular formula is C19H21NO. The average molecular weight is 279 g/mol. The fourth-order valence-corrected chi connectivity index (χ4v) is 4.47. The summed E-state index contributed by atoms with van der Waals surface area (Å²) in [4.78, 5) is 2.48. The summed E-state index contributed by atoms with van der Waals surface area (Å²) in [6.45, 7) is 4.57. The van der Waals surface area contributed by atoms with E-state index < -0.39 is 0 Å². The van der Waals surface area contributed by atoms with Crippen LogP contribution >= 0.6 is 0 Å². The van der Waals surface area contributed by atoms with Crippen LogP contribution < -0.4 is 9.64 Å². The number of anilines is 1. The van der Waals surface area contributed by atoms with Crippen LogP contribution in [0.25, 0.3) is 0 Å². The van der Waals surface area contributed by atoms with Gasteiger partial charge in [0.25, 0.3) is 0 Å². The summed E-state index contributed by atoms with van der Waals surface area (Å²) in [5.74, 6) is 1.49. The quantitative estimate of drug-likeness (QED) is 0.782. The van der Waals surface area contributed by atoms with Gasteiger partial charge in [-0.05, 0) is 54.7 Å². The molecule has 2 aliphatic rings. The normalized spacial score (nSPS) is 25.5. The van der Waals surface area contributed by atoms with Gasteiger partial charge in [-0.2, -0.15) is 0 Å². The predicted molar refractivity (Wildman–Crippen MR) is 86.4 cm³/mol. The highest BCUT2D eigenvalue weighted by Crippen LogP contribution is 2.59. The van der Waals surface area contributed by atoms with Crippen LogP contribution in [0, 0.1) is 6.92 Å². The molecule has 1 heterocycles. The summed E-state index contributed by atoms with van der Waals surface area (Å²) in [5.41, 5.74) is 7.16. The van der Waals surface area contributed by atoms with Crippen molar-refractivity contribution in [3.05, 3.63) is 58.7 Å². The molecule has 0 unspecified atom stereocenters. The third kappa shape index (κ3) is 1.43. The summed E-state index contributed by atoms with van der Waals surface area (Å²) in [7, 11) is 3.99. The standard InChI is InChI=1S/C19H21NO/c1-12-9-14(21-4)11-15-17-10-13-7-5-6-8-16(13)19(17,2)20(3)18(12)15/h5-9,11,17H,10H2,1-4H3/t17-,19-/m1/s1. The fourth-order valence-electron chi connectivity index (χ4n) is 4.47. The van der Waals surface area contributed by atoms with E-state index in [1.54, 1.807) is 7.11 Å². The third-order valence-corrected chi connectivity index (χ3v) is 5.61. The van der Waals surface area contributed by atoms with E-state index in [1.165, 1.54) is 27.9 Å². The topological polar surface area (TPSA) is 12.5 Å². The zero-order valence-electron chi connectivity index (χ0n) is 13.1. The number of hydrogen-bond acceptors (Lipinski definition) is 2. The molecule has 21 heavy (non-hydrogen) atoms. The molecule has 108 valence electrons. The largest absolute Gasteiger partial charge is 0.497 e. The summed E-state index contributed by atoms with van der Waals surface area (Å²) in [5, 5.41) is 0. The van der Waals surface area contributed by atoms with Crippen molar-refractivity contribution in [2.24, 2.45) is 0 Å². The van der Waals surface area contributed by atoms with Crippen LogP contribution in [0.5, 0.6) is 5.75 Å². The van der Waals surface area contributed by atoms with Crippen molar-refractivity contribution in [3.63, 3.8) is 0 Å². The van der Waals surface area contributed by atoms with E-state index in [4.69, 9.17) is 4.74 Å². The maximum atomic E-state index is 5.50. The van der Waals surface area contributed by atoms with Crippen LogP contribution in [0.3, 0.4) is 0 Å². The van der Waals surface area contributed by atoms with Gasteiger partial charge >= 0.3 is 0 Å². The van der Waals surface area contributed by atoms with E-state index in [0.29, 0.717) is 5.92 Å². The molecule has 0 amide bonds. The number of benzene rings is 2.